The first kappa shape index (κ1) is 8.50. The molecule has 0 atom stereocenters. The van der Waals surface area contributed by atoms with Crippen molar-refractivity contribution in [1.29, 1.82) is 0 Å². The average Bonchev–Trinajstić information content (AvgIpc) is 2.86. The number of nitrogens with zero attached hydrogens (tertiary/aromatic N) is 1. The first-order valence-corrected chi connectivity index (χ1v) is 6.42. The smallest absolute Gasteiger partial charge is 0.130 e. The minimum atomic E-state index is 1.13. The fourth-order valence-electron chi connectivity index (χ4n) is 1.54. The summed E-state index contributed by atoms with van der Waals surface area (Å²) in [4.78, 5) is 5.99. The van der Waals surface area contributed by atoms with Crippen LogP contribution in [0.3, 0.4) is 0 Å². The molecule has 0 saturated carbocycles. The lowest BCUT2D eigenvalue weighted by molar-refractivity contribution is 1.28. The van der Waals surface area contributed by atoms with Crippen LogP contribution in [-0.4, -0.2) is 10.7 Å². The quantitative estimate of drug-likeness (QED) is 0.724. The first-order valence-electron chi connectivity index (χ1n) is 4.62. The molecule has 1 nitrogen and oxygen atoms in total. The Morgan fingerprint density at radius 2 is 2.14 bits per heavy atom. The van der Waals surface area contributed by atoms with Crippen LogP contribution < -0.4 is 0 Å². The largest absolute Gasteiger partial charge is 0.235 e. The van der Waals surface area contributed by atoms with Gasteiger partial charge in [-0.3, -0.25) is 0 Å². The molecule has 3 rings (SSSR count). The van der Waals surface area contributed by atoms with Gasteiger partial charge in [0.15, 0.2) is 0 Å². The summed E-state index contributed by atoms with van der Waals surface area (Å²) < 4.78 is 1.29. The summed E-state index contributed by atoms with van der Waals surface area (Å²) >= 11 is 3.71. The second kappa shape index (κ2) is 3.41. The number of para-hydroxylation sites is 1. The van der Waals surface area contributed by atoms with Gasteiger partial charge in [0.1, 0.15) is 5.01 Å². The molecule has 0 fully saturated rings. The predicted molar refractivity (Wildman–Crippen MR) is 64.7 cm³/mol. The van der Waals surface area contributed by atoms with Crippen molar-refractivity contribution in [3.63, 3.8) is 0 Å². The molecule has 1 aliphatic heterocycles. The molecule has 0 amide bonds. The van der Waals surface area contributed by atoms with Gasteiger partial charge >= 0.3 is 0 Å². The van der Waals surface area contributed by atoms with Crippen LogP contribution in [0.4, 0.5) is 0 Å². The Bertz CT molecular complexity index is 466. The van der Waals surface area contributed by atoms with E-state index in [4.69, 9.17) is 0 Å². The Morgan fingerprint density at radius 1 is 1.21 bits per heavy atom. The van der Waals surface area contributed by atoms with Gasteiger partial charge in [0.2, 0.25) is 0 Å². The second-order valence-electron chi connectivity index (χ2n) is 3.19. The van der Waals surface area contributed by atoms with Crippen molar-refractivity contribution in [3.8, 4) is 0 Å². The molecule has 0 aliphatic carbocycles. The van der Waals surface area contributed by atoms with E-state index in [9.17, 15) is 0 Å². The van der Waals surface area contributed by atoms with Crippen molar-refractivity contribution in [2.75, 3.05) is 5.75 Å². The molecule has 0 radical (unpaired) electrons. The van der Waals surface area contributed by atoms with E-state index in [-0.39, 0.29) is 0 Å². The van der Waals surface area contributed by atoms with Crippen molar-refractivity contribution in [1.82, 2.24) is 4.98 Å². The summed E-state index contributed by atoms with van der Waals surface area (Å²) in [5.41, 5.74) is 1.13. The zero-order chi connectivity index (χ0) is 9.38. The molecule has 2 heterocycles. The van der Waals surface area contributed by atoms with E-state index in [0.717, 1.165) is 5.52 Å². The number of thiazole rings is 1. The first-order chi connectivity index (χ1) is 6.93. The summed E-state index contributed by atoms with van der Waals surface area (Å²) in [6, 6.07) is 8.33. The predicted octanol–water partition coefficient (Wildman–Crippen LogP) is 3.77. The van der Waals surface area contributed by atoms with E-state index in [1.54, 1.807) is 11.3 Å². The molecule has 14 heavy (non-hydrogen) atoms. The highest BCUT2D eigenvalue weighted by molar-refractivity contribution is 8.08. The SMILES string of the molecule is C1=C(c2nc3ccccc3s2)SCC1. The molecular weight excluding hydrogens is 210 g/mol. The fraction of sp³-hybridized carbons (Fsp3) is 0.182. The van der Waals surface area contributed by atoms with Crippen molar-refractivity contribution in [2.45, 2.75) is 6.42 Å². The van der Waals surface area contributed by atoms with Gasteiger partial charge in [-0.25, -0.2) is 4.98 Å². The maximum Gasteiger partial charge on any atom is 0.130 e. The average molecular weight is 219 g/mol. The molecular formula is C11H9NS2. The van der Waals surface area contributed by atoms with Crippen molar-refractivity contribution in [2.24, 2.45) is 0 Å². The molecule has 0 unspecified atom stereocenters. The fourth-order valence-corrected chi connectivity index (χ4v) is 3.61. The monoisotopic (exact) mass is 219 g/mol. The van der Waals surface area contributed by atoms with Gasteiger partial charge in [0.25, 0.3) is 0 Å². The molecule has 0 saturated heterocycles. The van der Waals surface area contributed by atoms with Crippen LogP contribution in [0.2, 0.25) is 0 Å². The highest BCUT2D eigenvalue weighted by Crippen LogP contribution is 2.37. The number of fused-ring (bicyclic) bond motifs is 1. The van der Waals surface area contributed by atoms with Gasteiger partial charge in [-0.05, 0) is 18.6 Å². The highest BCUT2D eigenvalue weighted by atomic mass is 32.2. The van der Waals surface area contributed by atoms with Gasteiger partial charge in [-0.1, -0.05) is 18.2 Å². The third-order valence-corrected chi connectivity index (χ3v) is 4.52. The molecule has 1 aromatic carbocycles. The molecule has 2 aromatic rings. The van der Waals surface area contributed by atoms with E-state index in [1.165, 1.54) is 26.8 Å². The number of hydrogen-bond donors (Lipinski definition) is 0. The van der Waals surface area contributed by atoms with E-state index in [1.807, 2.05) is 17.8 Å². The Morgan fingerprint density at radius 3 is 2.93 bits per heavy atom. The van der Waals surface area contributed by atoms with Gasteiger partial charge in [-0.2, -0.15) is 0 Å². The summed E-state index contributed by atoms with van der Waals surface area (Å²) in [6.07, 6.45) is 3.48. The van der Waals surface area contributed by atoms with Gasteiger partial charge in [0, 0.05) is 10.7 Å². The summed E-state index contributed by atoms with van der Waals surface area (Å²) in [5, 5.41) is 1.19. The standard InChI is InChI=1S/C11H9NS2/c1-2-5-9-8(4-1)12-11(14-9)10-6-3-7-13-10/h1-2,4-6H,3,7H2. The number of aromatic nitrogens is 1. The Hall–Kier alpha value is -0.800. The number of rotatable bonds is 1. The number of allylic oxidation sites excluding steroid dienone is 1. The van der Waals surface area contributed by atoms with E-state index >= 15 is 0 Å². The van der Waals surface area contributed by atoms with Crippen LogP contribution in [0.15, 0.2) is 30.3 Å². The van der Waals surface area contributed by atoms with E-state index in [2.05, 4.69) is 29.3 Å². The maximum absolute atomic E-state index is 4.62. The second-order valence-corrected chi connectivity index (χ2v) is 5.36. The molecule has 0 spiro atoms. The summed E-state index contributed by atoms with van der Waals surface area (Å²) in [6.45, 7) is 0. The van der Waals surface area contributed by atoms with Crippen LogP contribution in [-0.2, 0) is 0 Å². The minimum Gasteiger partial charge on any atom is -0.235 e. The Kier molecular flexibility index (Phi) is 2.07. The molecule has 1 aromatic heterocycles. The number of hydrogen-bond acceptors (Lipinski definition) is 3. The maximum atomic E-state index is 4.62. The van der Waals surface area contributed by atoms with E-state index in [0.29, 0.717) is 0 Å². The number of thioether (sulfide) groups is 1. The van der Waals surface area contributed by atoms with Crippen molar-refractivity contribution >= 4 is 38.2 Å². The topological polar surface area (TPSA) is 12.9 Å². The van der Waals surface area contributed by atoms with Gasteiger partial charge in [-0.15, -0.1) is 23.1 Å². The van der Waals surface area contributed by atoms with Crippen LogP contribution in [0, 0.1) is 0 Å². The molecule has 1 aliphatic rings. The Balaban J connectivity index is 2.14. The van der Waals surface area contributed by atoms with Gasteiger partial charge < -0.3 is 0 Å². The molecule has 70 valence electrons. The van der Waals surface area contributed by atoms with Crippen molar-refractivity contribution < 1.29 is 0 Å². The summed E-state index contributed by atoms with van der Waals surface area (Å²) in [7, 11) is 0. The molecule has 0 bridgehead atoms. The van der Waals surface area contributed by atoms with Crippen LogP contribution in [0.1, 0.15) is 11.4 Å². The zero-order valence-corrected chi connectivity index (χ0v) is 9.20. The lowest BCUT2D eigenvalue weighted by atomic mass is 10.3. The van der Waals surface area contributed by atoms with Gasteiger partial charge in [0.05, 0.1) is 10.2 Å². The van der Waals surface area contributed by atoms with E-state index < -0.39 is 0 Å². The molecule has 3 heteroatoms. The highest BCUT2D eigenvalue weighted by Gasteiger charge is 2.12. The van der Waals surface area contributed by atoms with Crippen LogP contribution in [0.5, 0.6) is 0 Å². The third kappa shape index (κ3) is 1.37. The summed E-state index contributed by atoms with van der Waals surface area (Å²) in [5.74, 6) is 1.21. The number of benzene rings is 1. The Labute approximate surface area is 90.9 Å². The minimum absolute atomic E-state index is 1.13. The zero-order valence-electron chi connectivity index (χ0n) is 7.56. The third-order valence-electron chi connectivity index (χ3n) is 2.21. The lowest BCUT2D eigenvalue weighted by Crippen LogP contribution is -1.73. The van der Waals surface area contributed by atoms with Crippen LogP contribution in [0.25, 0.3) is 15.1 Å². The lowest BCUT2D eigenvalue weighted by Gasteiger charge is -1.91. The normalized spacial score (nSPS) is 16.1. The van der Waals surface area contributed by atoms with Crippen LogP contribution >= 0.6 is 23.1 Å². The molecule has 0 N–H and O–H groups in total. The van der Waals surface area contributed by atoms with Crippen molar-refractivity contribution in [3.05, 3.63) is 35.3 Å².